The minimum Gasteiger partial charge on any atom is -0.496 e. The standard InChI is InChI=1S/C20H22BrF3N2O2/c1-28-19-7-2-14(12-17(19)21)18(27)13-25-8-10-26(11-9-25)16-5-3-15(4-6-16)20(22,23)24/h2-7,12,18,27H,8-11,13H2,1H3. The van der Waals surface area contributed by atoms with Crippen molar-refractivity contribution in [2.24, 2.45) is 0 Å². The molecule has 1 aliphatic heterocycles. The van der Waals surface area contributed by atoms with Gasteiger partial charge in [0.2, 0.25) is 0 Å². The lowest BCUT2D eigenvalue weighted by atomic mass is 10.1. The van der Waals surface area contributed by atoms with E-state index in [1.165, 1.54) is 12.1 Å². The number of hydrogen-bond acceptors (Lipinski definition) is 4. The number of nitrogens with zero attached hydrogens (tertiary/aromatic N) is 2. The minimum atomic E-state index is -4.32. The summed E-state index contributed by atoms with van der Waals surface area (Å²) in [5.74, 6) is 0.709. The maximum atomic E-state index is 12.7. The fraction of sp³-hybridized carbons (Fsp3) is 0.400. The topological polar surface area (TPSA) is 35.9 Å². The smallest absolute Gasteiger partial charge is 0.416 e. The zero-order valence-electron chi connectivity index (χ0n) is 15.4. The molecule has 152 valence electrons. The van der Waals surface area contributed by atoms with E-state index in [-0.39, 0.29) is 0 Å². The van der Waals surface area contributed by atoms with Crippen LogP contribution >= 0.6 is 15.9 Å². The lowest BCUT2D eigenvalue weighted by Crippen LogP contribution is -2.47. The number of hydrogen-bond donors (Lipinski definition) is 1. The quantitative estimate of drug-likeness (QED) is 0.723. The van der Waals surface area contributed by atoms with Crippen LogP contribution in [0.5, 0.6) is 5.75 Å². The number of aliphatic hydroxyl groups is 1. The Hall–Kier alpha value is -1.77. The minimum absolute atomic E-state index is 0.500. The van der Waals surface area contributed by atoms with Crippen LogP contribution in [0.4, 0.5) is 18.9 Å². The summed E-state index contributed by atoms with van der Waals surface area (Å²) in [7, 11) is 1.59. The molecule has 0 aliphatic carbocycles. The number of benzene rings is 2. The first kappa shape index (κ1) is 21.0. The number of methoxy groups -OCH3 is 1. The van der Waals surface area contributed by atoms with Crippen molar-refractivity contribution in [2.75, 3.05) is 44.7 Å². The highest BCUT2D eigenvalue weighted by molar-refractivity contribution is 9.10. The largest absolute Gasteiger partial charge is 0.496 e. The first-order valence-electron chi connectivity index (χ1n) is 8.94. The van der Waals surface area contributed by atoms with E-state index in [1.54, 1.807) is 7.11 Å². The first-order chi connectivity index (χ1) is 13.3. The molecule has 0 amide bonds. The third-order valence-electron chi connectivity index (χ3n) is 4.92. The molecule has 1 heterocycles. The summed E-state index contributed by atoms with van der Waals surface area (Å²) >= 11 is 3.43. The van der Waals surface area contributed by atoms with Gasteiger partial charge < -0.3 is 14.7 Å². The number of piperazine rings is 1. The molecule has 0 bridgehead atoms. The average molecular weight is 459 g/mol. The summed E-state index contributed by atoms with van der Waals surface area (Å²) in [6.45, 7) is 3.36. The lowest BCUT2D eigenvalue weighted by Gasteiger charge is -2.37. The molecule has 3 rings (SSSR count). The molecular formula is C20H22BrF3N2O2. The Morgan fingerprint density at radius 1 is 1.07 bits per heavy atom. The van der Waals surface area contributed by atoms with E-state index >= 15 is 0 Å². The molecule has 0 radical (unpaired) electrons. The van der Waals surface area contributed by atoms with E-state index in [0.29, 0.717) is 25.4 Å². The van der Waals surface area contributed by atoms with E-state index in [4.69, 9.17) is 4.74 Å². The van der Waals surface area contributed by atoms with Crippen LogP contribution in [-0.2, 0) is 6.18 Å². The molecule has 8 heteroatoms. The second-order valence-electron chi connectivity index (χ2n) is 6.74. The van der Waals surface area contributed by atoms with Crippen molar-refractivity contribution in [3.8, 4) is 5.75 Å². The highest BCUT2D eigenvalue weighted by Crippen LogP contribution is 2.31. The zero-order chi connectivity index (χ0) is 20.3. The fourth-order valence-corrected chi connectivity index (χ4v) is 3.85. The summed E-state index contributed by atoms with van der Waals surface area (Å²) in [4.78, 5) is 4.22. The number of alkyl halides is 3. The van der Waals surface area contributed by atoms with Crippen LogP contribution in [0.15, 0.2) is 46.9 Å². The van der Waals surface area contributed by atoms with Crippen LogP contribution in [0, 0.1) is 0 Å². The van der Waals surface area contributed by atoms with E-state index < -0.39 is 17.8 Å². The van der Waals surface area contributed by atoms with Crippen molar-refractivity contribution in [1.29, 1.82) is 0 Å². The number of β-amino-alcohol motifs (C(OH)–C–C–N with tert-alkyl or cyclic N) is 1. The van der Waals surface area contributed by atoms with Crippen molar-refractivity contribution in [3.63, 3.8) is 0 Å². The zero-order valence-corrected chi connectivity index (χ0v) is 17.0. The van der Waals surface area contributed by atoms with Crippen LogP contribution in [-0.4, -0.2) is 49.8 Å². The molecule has 2 aromatic rings. The van der Waals surface area contributed by atoms with Gasteiger partial charge in [0.05, 0.1) is 23.2 Å². The normalized spacial score (nSPS) is 16.9. The maximum absolute atomic E-state index is 12.7. The Morgan fingerprint density at radius 2 is 1.71 bits per heavy atom. The third kappa shape index (κ3) is 4.98. The number of halogens is 4. The van der Waals surface area contributed by atoms with Gasteiger partial charge in [-0.15, -0.1) is 0 Å². The predicted molar refractivity (Wildman–Crippen MR) is 106 cm³/mol. The van der Waals surface area contributed by atoms with Gasteiger partial charge >= 0.3 is 6.18 Å². The Morgan fingerprint density at radius 3 is 2.25 bits per heavy atom. The lowest BCUT2D eigenvalue weighted by molar-refractivity contribution is -0.137. The highest BCUT2D eigenvalue weighted by atomic mass is 79.9. The summed E-state index contributed by atoms with van der Waals surface area (Å²) in [6, 6.07) is 10.8. The number of anilines is 1. The molecule has 0 spiro atoms. The molecule has 1 unspecified atom stereocenters. The van der Waals surface area contributed by atoms with E-state index in [1.807, 2.05) is 18.2 Å². The maximum Gasteiger partial charge on any atom is 0.416 e. The van der Waals surface area contributed by atoms with Gasteiger partial charge in [-0.2, -0.15) is 13.2 Å². The summed E-state index contributed by atoms with van der Waals surface area (Å²) < 4.78 is 44.1. The Labute approximate surface area is 170 Å². The van der Waals surface area contributed by atoms with Crippen LogP contribution in [0.2, 0.25) is 0 Å². The molecule has 0 aromatic heterocycles. The first-order valence-corrected chi connectivity index (χ1v) is 9.73. The fourth-order valence-electron chi connectivity index (χ4n) is 3.29. The van der Waals surface area contributed by atoms with Crippen molar-refractivity contribution in [3.05, 3.63) is 58.1 Å². The van der Waals surface area contributed by atoms with Crippen molar-refractivity contribution in [2.45, 2.75) is 12.3 Å². The van der Waals surface area contributed by atoms with Gasteiger partial charge in [-0.3, -0.25) is 4.90 Å². The molecule has 1 N–H and O–H groups in total. The van der Waals surface area contributed by atoms with Gasteiger partial charge in [0.25, 0.3) is 0 Å². The van der Waals surface area contributed by atoms with Gasteiger partial charge in [0.1, 0.15) is 5.75 Å². The number of aliphatic hydroxyl groups excluding tert-OH is 1. The second-order valence-corrected chi connectivity index (χ2v) is 7.60. The highest BCUT2D eigenvalue weighted by Gasteiger charge is 2.30. The Kier molecular flexibility index (Phi) is 6.52. The van der Waals surface area contributed by atoms with Crippen LogP contribution in [0.3, 0.4) is 0 Å². The van der Waals surface area contributed by atoms with Gasteiger partial charge in [0.15, 0.2) is 0 Å². The molecule has 0 saturated carbocycles. The molecule has 1 aliphatic rings. The molecule has 2 aromatic carbocycles. The number of ether oxygens (including phenoxy) is 1. The molecule has 1 atom stereocenters. The Balaban J connectivity index is 1.54. The van der Waals surface area contributed by atoms with Gasteiger partial charge in [-0.25, -0.2) is 0 Å². The molecule has 4 nitrogen and oxygen atoms in total. The van der Waals surface area contributed by atoms with Gasteiger partial charge in [-0.1, -0.05) is 6.07 Å². The van der Waals surface area contributed by atoms with Crippen LogP contribution in [0.1, 0.15) is 17.2 Å². The van der Waals surface area contributed by atoms with Gasteiger partial charge in [-0.05, 0) is 57.9 Å². The SMILES string of the molecule is COc1ccc(C(O)CN2CCN(c3ccc(C(F)(F)F)cc3)CC2)cc1Br. The van der Waals surface area contributed by atoms with Gasteiger partial charge in [0, 0.05) is 38.4 Å². The van der Waals surface area contributed by atoms with E-state index in [9.17, 15) is 18.3 Å². The second kappa shape index (κ2) is 8.71. The van der Waals surface area contributed by atoms with Crippen LogP contribution in [0.25, 0.3) is 0 Å². The van der Waals surface area contributed by atoms with Crippen molar-refractivity contribution in [1.82, 2.24) is 4.90 Å². The average Bonchev–Trinajstić information content (AvgIpc) is 2.68. The number of rotatable bonds is 5. The molecule has 1 saturated heterocycles. The third-order valence-corrected chi connectivity index (χ3v) is 5.54. The summed E-state index contributed by atoms with van der Waals surface area (Å²) in [6.07, 6.45) is -4.94. The monoisotopic (exact) mass is 458 g/mol. The predicted octanol–water partition coefficient (Wildman–Crippen LogP) is 4.33. The molecule has 28 heavy (non-hydrogen) atoms. The van der Waals surface area contributed by atoms with Crippen LogP contribution < -0.4 is 9.64 Å². The van der Waals surface area contributed by atoms with Crippen molar-refractivity contribution < 1.29 is 23.0 Å². The van der Waals surface area contributed by atoms with Crippen molar-refractivity contribution >= 4 is 21.6 Å². The van der Waals surface area contributed by atoms with E-state index in [2.05, 4.69) is 25.7 Å². The molecular weight excluding hydrogens is 437 g/mol. The summed E-state index contributed by atoms with van der Waals surface area (Å²) in [5, 5.41) is 10.5. The molecule has 1 fully saturated rings. The summed E-state index contributed by atoms with van der Waals surface area (Å²) in [5.41, 5.74) is 0.953. The Bertz CT molecular complexity index is 791. The van der Waals surface area contributed by atoms with E-state index in [0.717, 1.165) is 40.9 Å².